The van der Waals surface area contributed by atoms with Gasteiger partial charge in [-0.2, -0.15) is 0 Å². The summed E-state index contributed by atoms with van der Waals surface area (Å²) in [5.41, 5.74) is 2.50. The van der Waals surface area contributed by atoms with Crippen LogP contribution in [-0.4, -0.2) is 46.3 Å². The molecule has 0 aliphatic carbocycles. The van der Waals surface area contributed by atoms with Gasteiger partial charge in [-0.15, -0.1) is 11.3 Å². The van der Waals surface area contributed by atoms with Gasteiger partial charge in [0, 0.05) is 23.7 Å². The average molecular weight is 507 g/mol. The molecule has 7 nitrogen and oxygen atoms in total. The van der Waals surface area contributed by atoms with Crippen LogP contribution in [0.1, 0.15) is 17.4 Å². The molecule has 0 saturated carbocycles. The minimum Gasteiger partial charge on any atom is -0.497 e. The fourth-order valence-electron chi connectivity index (χ4n) is 4.25. The highest BCUT2D eigenvalue weighted by Gasteiger charge is 2.25. The van der Waals surface area contributed by atoms with E-state index in [1.54, 1.807) is 47.3 Å². The molecule has 5 rings (SSSR count). The largest absolute Gasteiger partial charge is 0.497 e. The van der Waals surface area contributed by atoms with Crippen LogP contribution in [0.25, 0.3) is 15.9 Å². The van der Waals surface area contributed by atoms with E-state index in [-0.39, 0.29) is 17.2 Å². The molecule has 0 saturated heterocycles. The lowest BCUT2D eigenvalue weighted by Gasteiger charge is -2.25. The number of nitrogens with one attached hydrogen (secondary N) is 1. The van der Waals surface area contributed by atoms with Gasteiger partial charge in [-0.05, 0) is 54.9 Å². The van der Waals surface area contributed by atoms with Gasteiger partial charge in [0.1, 0.15) is 10.6 Å². The SMILES string of the molecule is CCN1CCc2c(sc3nc(SCC(=O)Nc4ccc(OC)cc4)n(-c4ccccc4)c(=O)c23)C1. The lowest BCUT2D eigenvalue weighted by molar-refractivity contribution is -0.113. The number of hydrogen-bond acceptors (Lipinski definition) is 7. The van der Waals surface area contributed by atoms with Crippen LogP contribution in [0, 0.1) is 0 Å². The summed E-state index contributed by atoms with van der Waals surface area (Å²) in [5, 5.41) is 4.13. The smallest absolute Gasteiger partial charge is 0.267 e. The first kappa shape index (κ1) is 23.6. The fourth-order valence-corrected chi connectivity index (χ4v) is 6.37. The summed E-state index contributed by atoms with van der Waals surface area (Å²) in [7, 11) is 1.60. The number of fused-ring (bicyclic) bond motifs is 3. The number of thiophene rings is 1. The predicted molar refractivity (Wildman–Crippen MR) is 142 cm³/mol. The van der Waals surface area contributed by atoms with Crippen LogP contribution in [0.4, 0.5) is 5.69 Å². The number of ether oxygens (including phenoxy) is 1. The third-order valence-electron chi connectivity index (χ3n) is 6.09. The molecule has 35 heavy (non-hydrogen) atoms. The van der Waals surface area contributed by atoms with Crippen molar-refractivity contribution in [3.05, 3.63) is 75.4 Å². The maximum atomic E-state index is 13.8. The van der Waals surface area contributed by atoms with Gasteiger partial charge in [0.05, 0.1) is 23.9 Å². The number of hydrogen-bond donors (Lipinski definition) is 1. The quantitative estimate of drug-likeness (QED) is 0.292. The number of thioether (sulfide) groups is 1. The number of nitrogens with zero attached hydrogens (tertiary/aromatic N) is 3. The van der Waals surface area contributed by atoms with Crippen molar-refractivity contribution in [3.63, 3.8) is 0 Å². The molecule has 2 aromatic heterocycles. The molecule has 0 bridgehead atoms. The van der Waals surface area contributed by atoms with Crippen molar-refractivity contribution in [1.82, 2.24) is 14.5 Å². The van der Waals surface area contributed by atoms with Crippen LogP contribution >= 0.6 is 23.1 Å². The van der Waals surface area contributed by atoms with Crippen LogP contribution in [-0.2, 0) is 17.8 Å². The summed E-state index contributed by atoms with van der Waals surface area (Å²) < 4.78 is 6.81. The lowest BCUT2D eigenvalue weighted by atomic mass is 10.1. The number of rotatable bonds is 7. The molecule has 3 heterocycles. The Labute approximate surface area is 211 Å². The zero-order valence-electron chi connectivity index (χ0n) is 19.6. The standard InChI is InChI=1S/C26H26N4O3S2/c1-3-29-14-13-20-21(15-29)35-24-23(20)25(32)30(18-7-5-4-6-8-18)26(28-24)34-16-22(31)27-17-9-11-19(33-2)12-10-17/h4-12H,3,13-16H2,1-2H3,(H,27,31). The van der Waals surface area contributed by atoms with E-state index in [0.29, 0.717) is 10.8 Å². The Morgan fingerprint density at radius 3 is 2.66 bits per heavy atom. The predicted octanol–water partition coefficient (Wildman–Crippen LogP) is 4.56. The highest BCUT2D eigenvalue weighted by atomic mass is 32.2. The van der Waals surface area contributed by atoms with E-state index in [2.05, 4.69) is 17.1 Å². The number of para-hydroxylation sites is 1. The summed E-state index contributed by atoms with van der Waals surface area (Å²) in [6, 6.07) is 16.7. The molecular weight excluding hydrogens is 480 g/mol. The Balaban J connectivity index is 1.47. The number of aromatic nitrogens is 2. The fraction of sp³-hybridized carbons (Fsp3) is 0.269. The molecule has 1 aliphatic heterocycles. The zero-order valence-corrected chi connectivity index (χ0v) is 21.2. The number of amides is 1. The second kappa shape index (κ2) is 10.2. The second-order valence-corrected chi connectivity index (χ2v) is 10.3. The molecule has 4 aromatic rings. The van der Waals surface area contributed by atoms with Gasteiger partial charge in [0.2, 0.25) is 5.91 Å². The van der Waals surface area contributed by atoms with Crippen LogP contribution in [0.15, 0.2) is 64.5 Å². The highest BCUT2D eigenvalue weighted by Crippen LogP contribution is 2.34. The molecular formula is C26H26N4O3S2. The minimum absolute atomic E-state index is 0.0679. The Morgan fingerprint density at radius 2 is 1.94 bits per heavy atom. The topological polar surface area (TPSA) is 76.5 Å². The molecule has 9 heteroatoms. The molecule has 0 unspecified atom stereocenters. The first-order chi connectivity index (χ1) is 17.1. The van der Waals surface area contributed by atoms with E-state index < -0.39 is 0 Å². The van der Waals surface area contributed by atoms with Crippen LogP contribution in [0.2, 0.25) is 0 Å². The molecule has 0 fully saturated rings. The van der Waals surface area contributed by atoms with E-state index >= 15 is 0 Å². The van der Waals surface area contributed by atoms with Crippen molar-refractivity contribution in [2.45, 2.75) is 25.0 Å². The molecule has 0 atom stereocenters. The van der Waals surface area contributed by atoms with Crippen molar-refractivity contribution in [1.29, 1.82) is 0 Å². The summed E-state index contributed by atoms with van der Waals surface area (Å²) in [6.45, 7) is 4.94. The van der Waals surface area contributed by atoms with Crippen molar-refractivity contribution in [2.24, 2.45) is 0 Å². The highest BCUT2D eigenvalue weighted by molar-refractivity contribution is 7.99. The van der Waals surface area contributed by atoms with Gasteiger partial charge in [-0.1, -0.05) is 36.9 Å². The van der Waals surface area contributed by atoms with Crippen molar-refractivity contribution in [2.75, 3.05) is 31.3 Å². The number of benzene rings is 2. The normalized spacial score (nSPS) is 13.5. The number of anilines is 1. The second-order valence-electron chi connectivity index (χ2n) is 8.24. The summed E-state index contributed by atoms with van der Waals surface area (Å²) in [5.74, 6) is 0.687. The van der Waals surface area contributed by atoms with Gasteiger partial charge in [-0.25, -0.2) is 4.98 Å². The summed E-state index contributed by atoms with van der Waals surface area (Å²) in [6.07, 6.45) is 0.853. The van der Waals surface area contributed by atoms with Gasteiger partial charge >= 0.3 is 0 Å². The van der Waals surface area contributed by atoms with E-state index in [1.807, 2.05) is 30.3 Å². The van der Waals surface area contributed by atoms with Gasteiger partial charge in [0.25, 0.3) is 5.56 Å². The molecule has 180 valence electrons. The Hall–Kier alpha value is -3.14. The van der Waals surface area contributed by atoms with Crippen LogP contribution in [0.5, 0.6) is 5.75 Å². The number of carbonyl (C=O) groups is 1. The van der Waals surface area contributed by atoms with E-state index in [4.69, 9.17) is 9.72 Å². The Morgan fingerprint density at radius 1 is 1.17 bits per heavy atom. The van der Waals surface area contributed by atoms with Crippen LogP contribution < -0.4 is 15.6 Å². The first-order valence-electron chi connectivity index (χ1n) is 11.5. The molecule has 2 aromatic carbocycles. The van der Waals surface area contributed by atoms with Crippen LogP contribution in [0.3, 0.4) is 0 Å². The third-order valence-corrected chi connectivity index (χ3v) is 8.14. The molecule has 1 aliphatic rings. The molecule has 0 radical (unpaired) electrons. The molecule has 1 amide bonds. The number of likely N-dealkylation sites (N-methyl/N-ethyl adjacent to an activating group) is 1. The lowest BCUT2D eigenvalue weighted by Crippen LogP contribution is -2.30. The van der Waals surface area contributed by atoms with Gasteiger partial charge in [0.15, 0.2) is 5.16 Å². The van der Waals surface area contributed by atoms with Gasteiger partial charge in [-0.3, -0.25) is 19.1 Å². The van der Waals surface area contributed by atoms with Gasteiger partial charge < -0.3 is 10.1 Å². The summed E-state index contributed by atoms with van der Waals surface area (Å²) in [4.78, 5) is 35.8. The van der Waals surface area contributed by atoms with E-state index in [0.717, 1.165) is 53.3 Å². The molecule has 1 N–H and O–H groups in total. The minimum atomic E-state index is -0.168. The summed E-state index contributed by atoms with van der Waals surface area (Å²) >= 11 is 2.87. The Kier molecular flexibility index (Phi) is 6.90. The zero-order chi connectivity index (χ0) is 24.4. The average Bonchev–Trinajstić information content (AvgIpc) is 3.26. The Bertz CT molecular complexity index is 1410. The maximum absolute atomic E-state index is 13.8. The molecule has 0 spiro atoms. The van der Waals surface area contributed by atoms with E-state index in [1.165, 1.54) is 16.6 Å². The number of carbonyl (C=O) groups excluding carboxylic acids is 1. The van der Waals surface area contributed by atoms with Crippen molar-refractivity contribution in [3.8, 4) is 11.4 Å². The van der Waals surface area contributed by atoms with Crippen molar-refractivity contribution < 1.29 is 9.53 Å². The third kappa shape index (κ3) is 4.84. The number of methoxy groups -OCH3 is 1. The maximum Gasteiger partial charge on any atom is 0.267 e. The monoisotopic (exact) mass is 506 g/mol. The van der Waals surface area contributed by atoms with Crippen molar-refractivity contribution >= 4 is 44.9 Å². The first-order valence-corrected chi connectivity index (χ1v) is 13.3. The van der Waals surface area contributed by atoms with E-state index in [9.17, 15) is 9.59 Å².